The number of amides is 1. The van der Waals surface area contributed by atoms with Gasteiger partial charge in [0.1, 0.15) is 0 Å². The van der Waals surface area contributed by atoms with Crippen LogP contribution in [0.25, 0.3) is 0 Å². The third-order valence-corrected chi connectivity index (χ3v) is 3.60. The molecule has 0 saturated heterocycles. The maximum absolute atomic E-state index is 12.8. The fourth-order valence-corrected chi connectivity index (χ4v) is 2.46. The molecule has 1 aromatic rings. The summed E-state index contributed by atoms with van der Waals surface area (Å²) < 4.78 is 43.0. The summed E-state index contributed by atoms with van der Waals surface area (Å²) in [5.41, 5.74) is 0.317. The molecule has 0 bridgehead atoms. The van der Waals surface area contributed by atoms with Crippen LogP contribution >= 0.6 is 0 Å². The summed E-state index contributed by atoms with van der Waals surface area (Å²) in [7, 11) is 1.22. The standard InChI is InChI=1S/C14H17F3N2O2/c1-3-9-7-12(19-13(20)21-2)10-6-8(14(15,16)17)4-5-11(10)18-9/h4-6,9,12,18H,3,7H2,1-2H3,(H,19,20). The van der Waals surface area contributed by atoms with E-state index in [4.69, 9.17) is 0 Å². The summed E-state index contributed by atoms with van der Waals surface area (Å²) >= 11 is 0. The molecule has 0 radical (unpaired) electrons. The summed E-state index contributed by atoms with van der Waals surface area (Å²) in [4.78, 5) is 11.4. The number of benzene rings is 1. The molecule has 2 rings (SSSR count). The number of methoxy groups -OCH3 is 1. The summed E-state index contributed by atoms with van der Waals surface area (Å²) in [6.07, 6.45) is -3.74. The Morgan fingerprint density at radius 3 is 2.76 bits per heavy atom. The van der Waals surface area contributed by atoms with E-state index in [2.05, 4.69) is 15.4 Å². The minimum Gasteiger partial charge on any atom is -0.453 e. The van der Waals surface area contributed by atoms with Crippen LogP contribution in [0.5, 0.6) is 0 Å². The van der Waals surface area contributed by atoms with Gasteiger partial charge in [-0.1, -0.05) is 6.92 Å². The van der Waals surface area contributed by atoms with Gasteiger partial charge in [0.2, 0.25) is 0 Å². The van der Waals surface area contributed by atoms with Crippen LogP contribution in [0.1, 0.15) is 36.9 Å². The van der Waals surface area contributed by atoms with E-state index in [-0.39, 0.29) is 6.04 Å². The van der Waals surface area contributed by atoms with E-state index in [0.29, 0.717) is 17.7 Å². The Labute approximate surface area is 120 Å². The fraction of sp³-hybridized carbons (Fsp3) is 0.500. The molecule has 7 heteroatoms. The zero-order valence-electron chi connectivity index (χ0n) is 11.8. The normalized spacial score (nSPS) is 21.2. The summed E-state index contributed by atoms with van der Waals surface area (Å²) in [5.74, 6) is 0. The van der Waals surface area contributed by atoms with Crippen molar-refractivity contribution in [3.63, 3.8) is 0 Å². The van der Waals surface area contributed by atoms with Gasteiger partial charge < -0.3 is 15.4 Å². The lowest BCUT2D eigenvalue weighted by Crippen LogP contribution is -2.37. The van der Waals surface area contributed by atoms with Gasteiger partial charge in [-0.25, -0.2) is 4.79 Å². The van der Waals surface area contributed by atoms with Crippen LogP contribution in [0.3, 0.4) is 0 Å². The molecule has 1 aliphatic heterocycles. The number of alkyl carbamates (subject to hydrolysis) is 1. The van der Waals surface area contributed by atoms with Crippen LogP contribution in [-0.4, -0.2) is 19.2 Å². The van der Waals surface area contributed by atoms with Gasteiger partial charge in [-0.2, -0.15) is 13.2 Å². The van der Waals surface area contributed by atoms with Crippen molar-refractivity contribution in [1.29, 1.82) is 0 Å². The third kappa shape index (κ3) is 3.40. The van der Waals surface area contributed by atoms with Crippen molar-refractivity contribution in [3.8, 4) is 0 Å². The van der Waals surface area contributed by atoms with E-state index in [9.17, 15) is 18.0 Å². The van der Waals surface area contributed by atoms with Crippen LogP contribution in [0.15, 0.2) is 18.2 Å². The monoisotopic (exact) mass is 302 g/mol. The lowest BCUT2D eigenvalue weighted by Gasteiger charge is -2.33. The van der Waals surface area contributed by atoms with Gasteiger partial charge in [-0.3, -0.25) is 0 Å². The Bertz CT molecular complexity index is 531. The molecule has 1 aromatic carbocycles. The van der Waals surface area contributed by atoms with E-state index in [1.54, 1.807) is 0 Å². The highest BCUT2D eigenvalue weighted by atomic mass is 19.4. The van der Waals surface area contributed by atoms with Gasteiger partial charge in [0.15, 0.2) is 0 Å². The summed E-state index contributed by atoms with van der Waals surface area (Å²) in [6.45, 7) is 1.97. The van der Waals surface area contributed by atoms with Gasteiger partial charge in [-0.15, -0.1) is 0 Å². The Morgan fingerprint density at radius 2 is 2.19 bits per heavy atom. The van der Waals surface area contributed by atoms with Gasteiger partial charge in [-0.05, 0) is 36.6 Å². The van der Waals surface area contributed by atoms with Crippen LogP contribution in [-0.2, 0) is 10.9 Å². The second-order valence-corrected chi connectivity index (χ2v) is 4.97. The number of carbonyl (C=O) groups is 1. The molecule has 2 atom stereocenters. The number of halogens is 3. The number of fused-ring (bicyclic) bond motifs is 1. The van der Waals surface area contributed by atoms with E-state index in [1.165, 1.54) is 13.2 Å². The van der Waals surface area contributed by atoms with E-state index in [0.717, 1.165) is 18.6 Å². The molecule has 2 unspecified atom stereocenters. The molecule has 4 nitrogen and oxygen atoms in total. The molecule has 1 heterocycles. The Morgan fingerprint density at radius 1 is 1.48 bits per heavy atom. The largest absolute Gasteiger partial charge is 0.453 e. The SMILES string of the molecule is CCC1CC(NC(=O)OC)c2cc(C(F)(F)F)ccc2N1. The van der Waals surface area contributed by atoms with Crippen LogP contribution < -0.4 is 10.6 Å². The molecule has 21 heavy (non-hydrogen) atoms. The maximum atomic E-state index is 12.8. The molecule has 0 aromatic heterocycles. The smallest absolute Gasteiger partial charge is 0.416 e. The van der Waals surface area contributed by atoms with Crippen molar-refractivity contribution in [1.82, 2.24) is 5.32 Å². The molecule has 1 aliphatic rings. The second kappa shape index (κ2) is 5.83. The van der Waals surface area contributed by atoms with Gasteiger partial charge in [0.25, 0.3) is 0 Å². The van der Waals surface area contributed by atoms with Crippen molar-refractivity contribution in [2.75, 3.05) is 12.4 Å². The highest BCUT2D eigenvalue weighted by Crippen LogP contribution is 2.38. The average Bonchev–Trinajstić information content (AvgIpc) is 2.45. The van der Waals surface area contributed by atoms with Crippen molar-refractivity contribution < 1.29 is 22.7 Å². The van der Waals surface area contributed by atoms with E-state index >= 15 is 0 Å². The summed E-state index contributed by atoms with van der Waals surface area (Å²) in [6, 6.07) is 3.12. The molecular weight excluding hydrogens is 285 g/mol. The Hall–Kier alpha value is -1.92. The first-order chi connectivity index (χ1) is 9.85. The Kier molecular flexibility index (Phi) is 4.29. The van der Waals surface area contributed by atoms with Gasteiger partial charge >= 0.3 is 12.3 Å². The van der Waals surface area contributed by atoms with E-state index in [1.807, 2.05) is 6.92 Å². The summed E-state index contributed by atoms with van der Waals surface area (Å²) in [5, 5.41) is 5.79. The third-order valence-electron chi connectivity index (χ3n) is 3.60. The second-order valence-electron chi connectivity index (χ2n) is 4.97. The molecule has 0 aliphatic carbocycles. The number of anilines is 1. The number of hydrogen-bond acceptors (Lipinski definition) is 3. The first-order valence-electron chi connectivity index (χ1n) is 6.67. The van der Waals surface area contributed by atoms with Crippen LogP contribution in [0, 0.1) is 0 Å². The fourth-order valence-electron chi connectivity index (χ4n) is 2.46. The lowest BCUT2D eigenvalue weighted by atomic mass is 9.90. The number of ether oxygens (including phenoxy) is 1. The molecule has 2 N–H and O–H groups in total. The molecular formula is C14H17F3N2O2. The molecule has 1 amide bonds. The van der Waals surface area contributed by atoms with Crippen molar-refractivity contribution >= 4 is 11.8 Å². The minimum atomic E-state index is -4.41. The highest BCUT2D eigenvalue weighted by Gasteiger charge is 2.34. The predicted molar refractivity (Wildman–Crippen MR) is 72.0 cm³/mol. The van der Waals surface area contributed by atoms with E-state index < -0.39 is 23.9 Å². The maximum Gasteiger partial charge on any atom is 0.416 e. The van der Waals surface area contributed by atoms with Crippen molar-refractivity contribution in [2.24, 2.45) is 0 Å². The van der Waals surface area contributed by atoms with Gasteiger partial charge in [0.05, 0.1) is 18.7 Å². The van der Waals surface area contributed by atoms with Crippen molar-refractivity contribution in [2.45, 2.75) is 38.0 Å². The van der Waals surface area contributed by atoms with Crippen LogP contribution in [0.4, 0.5) is 23.7 Å². The first kappa shape index (κ1) is 15.5. The molecule has 0 spiro atoms. The topological polar surface area (TPSA) is 50.4 Å². The molecule has 0 fully saturated rings. The van der Waals surface area contributed by atoms with Gasteiger partial charge in [0, 0.05) is 11.7 Å². The molecule has 116 valence electrons. The zero-order chi connectivity index (χ0) is 15.6. The Balaban J connectivity index is 2.37. The number of nitrogens with one attached hydrogen (secondary N) is 2. The zero-order valence-corrected chi connectivity index (χ0v) is 11.8. The number of carbonyl (C=O) groups excluding carboxylic acids is 1. The predicted octanol–water partition coefficient (Wildman–Crippen LogP) is 3.70. The highest BCUT2D eigenvalue weighted by molar-refractivity contribution is 5.69. The van der Waals surface area contributed by atoms with Crippen LogP contribution in [0.2, 0.25) is 0 Å². The minimum absolute atomic E-state index is 0.0939. The average molecular weight is 302 g/mol. The quantitative estimate of drug-likeness (QED) is 0.876. The van der Waals surface area contributed by atoms with Crippen molar-refractivity contribution in [3.05, 3.63) is 29.3 Å². The number of rotatable bonds is 2. The molecule has 0 saturated carbocycles. The number of alkyl halides is 3. The lowest BCUT2D eigenvalue weighted by molar-refractivity contribution is -0.137. The number of hydrogen-bond donors (Lipinski definition) is 2. The first-order valence-corrected chi connectivity index (χ1v) is 6.67.